The molecule has 0 fully saturated rings. The van der Waals surface area contributed by atoms with Crippen molar-refractivity contribution in [3.63, 3.8) is 0 Å². The number of carbonyl (C=O) groups excluding carboxylic acids is 1. The standard InChI is InChI=1S/C30H37FN6O5/c1-7-42-24-14-20-8-9-35-22(21(20)15-23(24)40-5)16-25(34-27-18(3)12-17(2)13-19(27)4)36(30(35)39)10-11-37(31)28(33)26(32)29(38)41-6/h12-16H,7-11,32-33H2,1-6H3/b28-26+,34-25+. The number of fused-ring (bicyclic) bond motifs is 3. The van der Waals surface area contributed by atoms with Crippen LogP contribution in [0.4, 0.5) is 10.2 Å². The van der Waals surface area contributed by atoms with Crippen LogP contribution in [0.3, 0.4) is 0 Å². The van der Waals surface area contributed by atoms with Crippen molar-refractivity contribution in [3.8, 4) is 22.8 Å². The Hall–Kier alpha value is -4.74. The van der Waals surface area contributed by atoms with E-state index < -0.39 is 17.5 Å². The predicted octanol–water partition coefficient (Wildman–Crippen LogP) is 2.88. The summed E-state index contributed by atoms with van der Waals surface area (Å²) in [4.78, 5) is 30.6. The van der Waals surface area contributed by atoms with Crippen molar-refractivity contribution in [1.82, 2.24) is 14.3 Å². The Kier molecular flexibility index (Phi) is 8.93. The predicted molar refractivity (Wildman–Crippen MR) is 157 cm³/mol. The van der Waals surface area contributed by atoms with Gasteiger partial charge >= 0.3 is 11.7 Å². The summed E-state index contributed by atoms with van der Waals surface area (Å²) in [6.07, 6.45) is 0.583. The lowest BCUT2D eigenvalue weighted by Gasteiger charge is -2.25. The maximum absolute atomic E-state index is 15.0. The summed E-state index contributed by atoms with van der Waals surface area (Å²) in [7, 11) is 2.68. The molecule has 1 aliphatic rings. The molecule has 1 aromatic heterocycles. The molecule has 4 rings (SSSR count). The highest BCUT2D eigenvalue weighted by Crippen LogP contribution is 2.37. The zero-order valence-electron chi connectivity index (χ0n) is 24.8. The largest absolute Gasteiger partial charge is 0.493 e. The minimum absolute atomic E-state index is 0.115. The molecule has 2 aromatic carbocycles. The van der Waals surface area contributed by atoms with Gasteiger partial charge in [-0.25, -0.2) is 14.6 Å². The summed E-state index contributed by atoms with van der Waals surface area (Å²) in [5, 5.41) is 0.115. The van der Waals surface area contributed by atoms with Gasteiger partial charge in [-0.1, -0.05) is 22.2 Å². The van der Waals surface area contributed by atoms with E-state index in [4.69, 9.17) is 25.9 Å². The topological polar surface area (TPSA) is 139 Å². The number of aromatic nitrogens is 2. The number of aryl methyl sites for hydroxylation is 4. The van der Waals surface area contributed by atoms with Crippen LogP contribution in [0.2, 0.25) is 0 Å². The number of esters is 1. The van der Waals surface area contributed by atoms with Crippen molar-refractivity contribution in [2.24, 2.45) is 16.5 Å². The summed E-state index contributed by atoms with van der Waals surface area (Å²) in [6, 6.07) is 9.66. The quantitative estimate of drug-likeness (QED) is 0.224. The molecule has 0 unspecified atom stereocenters. The monoisotopic (exact) mass is 580 g/mol. The number of ether oxygens (including phenoxy) is 3. The van der Waals surface area contributed by atoms with E-state index in [0.29, 0.717) is 47.9 Å². The van der Waals surface area contributed by atoms with Gasteiger partial charge in [0.25, 0.3) is 0 Å². The third-order valence-corrected chi connectivity index (χ3v) is 7.19. The molecular formula is C30H37FN6O5. The second kappa shape index (κ2) is 12.4. The van der Waals surface area contributed by atoms with Gasteiger partial charge in [0, 0.05) is 24.7 Å². The zero-order chi connectivity index (χ0) is 30.7. The van der Waals surface area contributed by atoms with Gasteiger partial charge in [0.15, 0.2) is 23.0 Å². The van der Waals surface area contributed by atoms with Crippen LogP contribution in [0.5, 0.6) is 11.5 Å². The van der Waals surface area contributed by atoms with Crippen molar-refractivity contribution in [2.75, 3.05) is 27.4 Å². The minimum Gasteiger partial charge on any atom is -0.493 e. The molecule has 42 heavy (non-hydrogen) atoms. The highest BCUT2D eigenvalue weighted by atomic mass is 19.2. The van der Waals surface area contributed by atoms with Crippen molar-refractivity contribution in [3.05, 3.63) is 80.1 Å². The highest BCUT2D eigenvalue weighted by Gasteiger charge is 2.23. The summed E-state index contributed by atoms with van der Waals surface area (Å²) in [5.74, 6) is -0.374. The van der Waals surface area contributed by atoms with Gasteiger partial charge in [-0.2, -0.15) is 5.12 Å². The molecule has 0 bridgehead atoms. The Morgan fingerprint density at radius 1 is 1.07 bits per heavy atom. The van der Waals surface area contributed by atoms with E-state index in [2.05, 4.69) is 4.74 Å². The van der Waals surface area contributed by atoms with E-state index >= 15 is 0 Å². The normalized spacial score (nSPS) is 13.2. The number of rotatable bonds is 9. The van der Waals surface area contributed by atoms with Crippen molar-refractivity contribution < 1.29 is 23.5 Å². The van der Waals surface area contributed by atoms with E-state index in [9.17, 15) is 14.1 Å². The fraction of sp³-hybridized carbons (Fsp3) is 0.367. The average Bonchev–Trinajstić information content (AvgIpc) is 2.96. The van der Waals surface area contributed by atoms with E-state index in [1.54, 1.807) is 11.7 Å². The second-order valence-electron chi connectivity index (χ2n) is 10.1. The number of halogens is 1. The Morgan fingerprint density at radius 3 is 2.38 bits per heavy atom. The molecule has 3 aromatic rings. The number of carbonyl (C=O) groups is 1. The zero-order valence-corrected chi connectivity index (χ0v) is 24.8. The fourth-order valence-electron chi connectivity index (χ4n) is 5.19. The molecule has 2 heterocycles. The van der Waals surface area contributed by atoms with E-state index in [1.807, 2.05) is 58.0 Å². The molecule has 11 nitrogen and oxygen atoms in total. The summed E-state index contributed by atoms with van der Waals surface area (Å²) < 4.78 is 33.9. The van der Waals surface area contributed by atoms with Crippen LogP contribution in [0, 0.1) is 20.8 Å². The molecule has 0 saturated heterocycles. The number of methoxy groups -OCH3 is 2. The summed E-state index contributed by atoms with van der Waals surface area (Å²) in [6.45, 7) is 8.19. The first-order chi connectivity index (χ1) is 20.0. The first-order valence-corrected chi connectivity index (χ1v) is 13.6. The highest BCUT2D eigenvalue weighted by molar-refractivity contribution is 5.87. The SMILES string of the molecule is CCOc1cc2c(cc1OC)-c1c/c(=N\c3c(C)cc(C)cc3C)n(CCN(F)/C(N)=C(/N)C(=O)OC)c(=O)n1CC2. The Labute approximate surface area is 243 Å². The van der Waals surface area contributed by atoms with Gasteiger partial charge in [0.1, 0.15) is 5.49 Å². The molecule has 0 amide bonds. The maximum atomic E-state index is 15.0. The summed E-state index contributed by atoms with van der Waals surface area (Å²) >= 11 is 0. The average molecular weight is 581 g/mol. The van der Waals surface area contributed by atoms with Crippen molar-refractivity contribution in [2.45, 2.75) is 47.2 Å². The molecular weight excluding hydrogens is 543 g/mol. The van der Waals surface area contributed by atoms with Crippen molar-refractivity contribution in [1.29, 1.82) is 0 Å². The molecule has 12 heteroatoms. The van der Waals surface area contributed by atoms with Gasteiger partial charge in [-0.15, -0.1) is 0 Å². The number of hydrogen-bond donors (Lipinski definition) is 2. The second-order valence-corrected chi connectivity index (χ2v) is 10.1. The van der Waals surface area contributed by atoms with Crippen LogP contribution in [-0.2, 0) is 29.0 Å². The summed E-state index contributed by atoms with van der Waals surface area (Å²) in [5.41, 5.74) is 16.9. The molecule has 0 spiro atoms. The van der Waals surface area contributed by atoms with E-state index in [1.165, 1.54) is 4.57 Å². The van der Waals surface area contributed by atoms with Crippen LogP contribution < -0.4 is 32.1 Å². The number of nitrogens with zero attached hydrogens (tertiary/aromatic N) is 4. The van der Waals surface area contributed by atoms with E-state index in [-0.39, 0.29) is 23.9 Å². The van der Waals surface area contributed by atoms with Crippen LogP contribution in [-0.4, -0.2) is 47.6 Å². The van der Waals surface area contributed by atoms with Gasteiger partial charge in [0.2, 0.25) is 0 Å². The fourth-order valence-corrected chi connectivity index (χ4v) is 5.19. The molecule has 224 valence electrons. The third kappa shape index (κ3) is 5.83. The molecule has 0 radical (unpaired) electrons. The van der Waals surface area contributed by atoms with Crippen LogP contribution in [0.1, 0.15) is 29.2 Å². The molecule has 0 aliphatic carbocycles. The number of benzene rings is 2. The van der Waals surface area contributed by atoms with Crippen LogP contribution >= 0.6 is 0 Å². The molecule has 4 N–H and O–H groups in total. The minimum atomic E-state index is -0.959. The van der Waals surface area contributed by atoms with Crippen molar-refractivity contribution >= 4 is 11.7 Å². The first kappa shape index (κ1) is 30.2. The molecule has 1 aliphatic heterocycles. The number of hydrogen-bond acceptors (Lipinski definition) is 9. The smallest absolute Gasteiger partial charge is 0.357 e. The Morgan fingerprint density at radius 2 is 1.76 bits per heavy atom. The Bertz CT molecular complexity index is 1670. The number of nitrogens with two attached hydrogens (primary N) is 2. The lowest BCUT2D eigenvalue weighted by molar-refractivity contribution is -0.136. The van der Waals surface area contributed by atoms with Gasteiger partial charge < -0.3 is 25.7 Å². The van der Waals surface area contributed by atoms with Crippen LogP contribution in [0.25, 0.3) is 11.3 Å². The van der Waals surface area contributed by atoms with E-state index in [0.717, 1.165) is 34.9 Å². The van der Waals surface area contributed by atoms with Gasteiger partial charge in [-0.3, -0.25) is 9.13 Å². The first-order valence-electron chi connectivity index (χ1n) is 13.6. The lowest BCUT2D eigenvalue weighted by Crippen LogP contribution is -2.44. The molecule has 0 saturated carbocycles. The van der Waals surface area contributed by atoms with Gasteiger partial charge in [0.05, 0.1) is 38.8 Å². The van der Waals surface area contributed by atoms with Crippen LogP contribution in [0.15, 0.2) is 51.6 Å². The van der Waals surface area contributed by atoms with Gasteiger partial charge in [-0.05, 0) is 62.9 Å². The maximum Gasteiger partial charge on any atom is 0.357 e. The lowest BCUT2D eigenvalue weighted by atomic mass is 9.97. The third-order valence-electron chi connectivity index (χ3n) is 7.19. The Balaban J connectivity index is 1.91. The molecule has 0 atom stereocenters.